The van der Waals surface area contributed by atoms with E-state index < -0.39 is 0 Å². The molecule has 0 aliphatic rings. The SMILES string of the molecule is O=Cc1ccc2ccn(Cc3ncon3)c2c1. The van der Waals surface area contributed by atoms with Crippen LogP contribution in [0.1, 0.15) is 16.2 Å². The summed E-state index contributed by atoms with van der Waals surface area (Å²) in [6, 6.07) is 7.56. The first-order valence-corrected chi connectivity index (χ1v) is 5.16. The molecule has 17 heavy (non-hydrogen) atoms. The summed E-state index contributed by atoms with van der Waals surface area (Å²) in [4.78, 5) is 14.7. The highest BCUT2D eigenvalue weighted by molar-refractivity contribution is 5.87. The third kappa shape index (κ3) is 1.71. The number of aldehydes is 1. The van der Waals surface area contributed by atoms with Crippen molar-refractivity contribution in [3.63, 3.8) is 0 Å². The van der Waals surface area contributed by atoms with E-state index >= 15 is 0 Å². The van der Waals surface area contributed by atoms with Crippen molar-refractivity contribution in [1.29, 1.82) is 0 Å². The summed E-state index contributed by atoms with van der Waals surface area (Å²) in [7, 11) is 0. The Kier molecular flexibility index (Phi) is 2.22. The van der Waals surface area contributed by atoms with Gasteiger partial charge in [0.15, 0.2) is 5.82 Å². The molecule has 1 aromatic carbocycles. The van der Waals surface area contributed by atoms with Crippen LogP contribution in [0.4, 0.5) is 0 Å². The minimum Gasteiger partial charge on any atom is -0.343 e. The largest absolute Gasteiger partial charge is 0.343 e. The van der Waals surface area contributed by atoms with E-state index in [-0.39, 0.29) is 0 Å². The molecule has 0 spiro atoms. The Morgan fingerprint density at radius 3 is 3.06 bits per heavy atom. The van der Waals surface area contributed by atoms with Crippen molar-refractivity contribution in [3.05, 3.63) is 48.2 Å². The van der Waals surface area contributed by atoms with E-state index in [2.05, 4.69) is 14.7 Å². The number of hydrogen-bond donors (Lipinski definition) is 0. The maximum absolute atomic E-state index is 10.8. The molecular formula is C12H9N3O2. The maximum Gasteiger partial charge on any atom is 0.213 e. The number of carbonyl (C=O) groups is 1. The molecule has 0 saturated carbocycles. The molecular weight excluding hydrogens is 218 g/mol. The maximum atomic E-state index is 10.8. The second kappa shape index (κ2) is 3.86. The molecule has 0 atom stereocenters. The van der Waals surface area contributed by atoms with Gasteiger partial charge in [-0.3, -0.25) is 4.79 Å². The molecule has 0 unspecified atom stereocenters. The highest BCUT2D eigenvalue weighted by atomic mass is 16.5. The van der Waals surface area contributed by atoms with Gasteiger partial charge in [0.05, 0.1) is 6.54 Å². The molecule has 0 fully saturated rings. The Morgan fingerprint density at radius 1 is 1.35 bits per heavy atom. The van der Waals surface area contributed by atoms with Crippen LogP contribution in [-0.2, 0) is 6.54 Å². The summed E-state index contributed by atoms with van der Waals surface area (Å²) in [5.41, 5.74) is 1.64. The molecule has 3 aromatic rings. The minimum absolute atomic E-state index is 0.530. The van der Waals surface area contributed by atoms with E-state index in [1.165, 1.54) is 6.39 Å². The Balaban J connectivity index is 2.07. The molecule has 0 aliphatic carbocycles. The van der Waals surface area contributed by atoms with Gasteiger partial charge in [-0.05, 0) is 17.5 Å². The van der Waals surface area contributed by atoms with Gasteiger partial charge in [-0.1, -0.05) is 17.3 Å². The van der Waals surface area contributed by atoms with Gasteiger partial charge in [-0.2, -0.15) is 4.98 Å². The van der Waals surface area contributed by atoms with Gasteiger partial charge in [0.1, 0.15) is 6.29 Å². The van der Waals surface area contributed by atoms with Gasteiger partial charge in [-0.25, -0.2) is 0 Å². The highest BCUT2D eigenvalue weighted by Gasteiger charge is 2.05. The van der Waals surface area contributed by atoms with Gasteiger partial charge >= 0.3 is 0 Å². The Labute approximate surface area is 96.7 Å². The van der Waals surface area contributed by atoms with Crippen LogP contribution in [0.25, 0.3) is 10.9 Å². The average molecular weight is 227 g/mol. The van der Waals surface area contributed by atoms with Crippen molar-refractivity contribution in [1.82, 2.24) is 14.7 Å². The van der Waals surface area contributed by atoms with Crippen LogP contribution in [0, 0.1) is 0 Å². The summed E-state index contributed by atoms with van der Waals surface area (Å²) in [5, 5.41) is 4.85. The normalized spacial score (nSPS) is 10.8. The van der Waals surface area contributed by atoms with Crippen LogP contribution in [0.15, 0.2) is 41.4 Å². The number of nitrogens with zero attached hydrogens (tertiary/aromatic N) is 3. The lowest BCUT2D eigenvalue weighted by Gasteiger charge is -2.01. The summed E-state index contributed by atoms with van der Waals surface area (Å²) in [5.74, 6) is 0.610. The topological polar surface area (TPSA) is 60.9 Å². The van der Waals surface area contributed by atoms with E-state index in [0.717, 1.165) is 17.2 Å². The summed E-state index contributed by atoms with van der Waals surface area (Å²) in [6.45, 7) is 0.530. The summed E-state index contributed by atoms with van der Waals surface area (Å²) < 4.78 is 6.67. The summed E-state index contributed by atoms with van der Waals surface area (Å²) in [6.07, 6.45) is 4.08. The molecule has 0 N–H and O–H groups in total. The van der Waals surface area contributed by atoms with Gasteiger partial charge < -0.3 is 9.09 Å². The van der Waals surface area contributed by atoms with E-state index in [1.54, 1.807) is 6.07 Å². The highest BCUT2D eigenvalue weighted by Crippen LogP contribution is 2.17. The van der Waals surface area contributed by atoms with Crippen molar-refractivity contribution in [2.75, 3.05) is 0 Å². The second-order valence-electron chi connectivity index (χ2n) is 3.73. The van der Waals surface area contributed by atoms with Crippen LogP contribution in [0.3, 0.4) is 0 Å². The smallest absolute Gasteiger partial charge is 0.213 e. The zero-order valence-electron chi connectivity index (χ0n) is 8.91. The standard InChI is InChI=1S/C12H9N3O2/c16-7-9-1-2-10-3-4-15(11(10)5-9)6-12-13-8-17-14-12/h1-5,7-8H,6H2. The lowest BCUT2D eigenvalue weighted by Crippen LogP contribution is -1.99. The molecule has 2 heterocycles. The predicted octanol–water partition coefficient (Wildman–Crippen LogP) is 1.89. The Morgan fingerprint density at radius 2 is 2.29 bits per heavy atom. The fourth-order valence-electron chi connectivity index (χ4n) is 1.83. The Hall–Kier alpha value is -2.43. The zero-order valence-corrected chi connectivity index (χ0v) is 8.91. The number of benzene rings is 1. The van der Waals surface area contributed by atoms with E-state index in [4.69, 9.17) is 0 Å². The van der Waals surface area contributed by atoms with Crippen molar-refractivity contribution in [3.8, 4) is 0 Å². The van der Waals surface area contributed by atoms with Crippen LogP contribution in [0.5, 0.6) is 0 Å². The lowest BCUT2D eigenvalue weighted by atomic mass is 10.2. The minimum atomic E-state index is 0.530. The molecule has 5 nitrogen and oxygen atoms in total. The first kappa shape index (κ1) is 9.77. The molecule has 0 aliphatic heterocycles. The molecule has 0 radical (unpaired) electrons. The summed E-state index contributed by atoms with van der Waals surface area (Å²) >= 11 is 0. The number of fused-ring (bicyclic) bond motifs is 1. The number of carbonyl (C=O) groups excluding carboxylic acids is 1. The molecule has 2 aromatic heterocycles. The molecule has 0 amide bonds. The van der Waals surface area contributed by atoms with Crippen LogP contribution in [-0.4, -0.2) is 21.0 Å². The van der Waals surface area contributed by atoms with Crippen LogP contribution >= 0.6 is 0 Å². The molecule has 3 rings (SSSR count). The third-order valence-corrected chi connectivity index (χ3v) is 2.65. The Bertz CT molecular complexity index is 656. The number of hydrogen-bond acceptors (Lipinski definition) is 4. The third-order valence-electron chi connectivity index (χ3n) is 2.65. The second-order valence-corrected chi connectivity index (χ2v) is 3.73. The van der Waals surface area contributed by atoms with E-state index in [1.807, 2.05) is 29.0 Å². The van der Waals surface area contributed by atoms with Crippen molar-refractivity contribution in [2.45, 2.75) is 6.54 Å². The predicted molar refractivity (Wildman–Crippen MR) is 60.7 cm³/mol. The average Bonchev–Trinajstić information content (AvgIpc) is 2.99. The number of rotatable bonds is 3. The first-order valence-electron chi connectivity index (χ1n) is 5.16. The van der Waals surface area contributed by atoms with Crippen LogP contribution in [0.2, 0.25) is 0 Å². The van der Waals surface area contributed by atoms with Crippen molar-refractivity contribution >= 4 is 17.2 Å². The fourth-order valence-corrected chi connectivity index (χ4v) is 1.83. The van der Waals surface area contributed by atoms with Gasteiger partial charge in [0.2, 0.25) is 6.39 Å². The van der Waals surface area contributed by atoms with Gasteiger partial charge in [-0.15, -0.1) is 0 Å². The zero-order chi connectivity index (χ0) is 11.7. The lowest BCUT2D eigenvalue weighted by molar-refractivity contribution is 0.112. The fraction of sp³-hybridized carbons (Fsp3) is 0.0833. The molecule has 84 valence electrons. The van der Waals surface area contributed by atoms with E-state index in [0.29, 0.717) is 17.9 Å². The number of aromatic nitrogens is 3. The first-order chi connectivity index (χ1) is 8.36. The van der Waals surface area contributed by atoms with Crippen molar-refractivity contribution in [2.24, 2.45) is 0 Å². The molecule has 5 heteroatoms. The quantitative estimate of drug-likeness (QED) is 0.641. The van der Waals surface area contributed by atoms with Gasteiger partial charge in [0.25, 0.3) is 0 Å². The van der Waals surface area contributed by atoms with Crippen molar-refractivity contribution < 1.29 is 9.32 Å². The van der Waals surface area contributed by atoms with E-state index in [9.17, 15) is 4.79 Å². The molecule has 0 bridgehead atoms. The van der Waals surface area contributed by atoms with Gasteiger partial charge in [0, 0.05) is 17.3 Å². The molecule has 0 saturated heterocycles. The monoisotopic (exact) mass is 227 g/mol. The van der Waals surface area contributed by atoms with Crippen LogP contribution < -0.4 is 0 Å².